The van der Waals surface area contributed by atoms with Gasteiger partial charge in [0.15, 0.2) is 16.7 Å². The summed E-state index contributed by atoms with van der Waals surface area (Å²) in [6.07, 6.45) is 1.27. The van der Waals surface area contributed by atoms with Crippen LogP contribution in [0.5, 0.6) is 11.5 Å². The molecule has 0 spiro atoms. The van der Waals surface area contributed by atoms with Crippen LogP contribution in [-0.2, 0) is 9.59 Å². The van der Waals surface area contributed by atoms with E-state index in [1.54, 1.807) is 6.07 Å². The Balaban J connectivity index is 2.02. The molecule has 1 aliphatic heterocycles. The number of benzene rings is 1. The molecule has 1 aliphatic rings. The molecule has 1 aromatic carbocycles. The van der Waals surface area contributed by atoms with Crippen molar-refractivity contribution in [2.45, 2.75) is 18.6 Å². The molecule has 0 saturated carbocycles. The molecule has 0 aliphatic carbocycles. The third kappa shape index (κ3) is 6.86. The van der Waals surface area contributed by atoms with Crippen molar-refractivity contribution in [3.63, 3.8) is 0 Å². The second kappa shape index (κ2) is 10.7. The minimum atomic E-state index is -1.03. The molecule has 1 heterocycles. The lowest BCUT2D eigenvalue weighted by Crippen LogP contribution is -2.26. The van der Waals surface area contributed by atoms with Gasteiger partial charge in [-0.05, 0) is 44.8 Å². The van der Waals surface area contributed by atoms with Crippen molar-refractivity contribution in [3.8, 4) is 11.5 Å². The summed E-state index contributed by atoms with van der Waals surface area (Å²) in [6, 6.07) is 5.43. The Morgan fingerprint density at radius 1 is 1.36 bits per heavy atom. The van der Waals surface area contributed by atoms with Gasteiger partial charge in [-0.1, -0.05) is 11.8 Å². The van der Waals surface area contributed by atoms with Gasteiger partial charge in [-0.25, -0.2) is 0 Å². The molecule has 0 radical (unpaired) electrons. The zero-order chi connectivity index (χ0) is 20.5. The number of hydrogen-bond donors (Lipinski definition) is 2. The molecule has 152 valence electrons. The van der Waals surface area contributed by atoms with E-state index in [9.17, 15) is 9.59 Å². The lowest BCUT2D eigenvalue weighted by Gasteiger charge is -2.14. The summed E-state index contributed by atoms with van der Waals surface area (Å²) in [6.45, 7) is 3.73. The van der Waals surface area contributed by atoms with Gasteiger partial charge in [-0.3, -0.25) is 9.59 Å². The summed E-state index contributed by atoms with van der Waals surface area (Å²) in [7, 11) is 3.95. The minimum Gasteiger partial charge on any atom is -0.490 e. The molecular formula is C18H24N4O5S. The molecule has 28 heavy (non-hydrogen) atoms. The number of amides is 1. The van der Waals surface area contributed by atoms with Crippen LogP contribution in [0.4, 0.5) is 0 Å². The van der Waals surface area contributed by atoms with E-state index in [2.05, 4.69) is 15.5 Å². The summed E-state index contributed by atoms with van der Waals surface area (Å²) in [5.74, 6) is -0.141. The first kappa shape index (κ1) is 21.7. The zero-order valence-electron chi connectivity index (χ0n) is 16.0. The SMILES string of the molecule is CCOc1cc(C=NN=C2NC(=O)C(CC(=O)O)S2)ccc1OCCN(C)C. The molecule has 1 aromatic rings. The van der Waals surface area contributed by atoms with Crippen LogP contribution in [0.15, 0.2) is 28.4 Å². The molecule has 1 amide bonds. The van der Waals surface area contributed by atoms with E-state index in [0.29, 0.717) is 24.7 Å². The highest BCUT2D eigenvalue weighted by Gasteiger charge is 2.32. The number of carbonyl (C=O) groups is 2. The van der Waals surface area contributed by atoms with Gasteiger partial charge in [0, 0.05) is 6.54 Å². The highest BCUT2D eigenvalue weighted by atomic mass is 32.2. The molecular weight excluding hydrogens is 384 g/mol. The van der Waals surface area contributed by atoms with Gasteiger partial charge in [0.25, 0.3) is 0 Å². The maximum atomic E-state index is 11.7. The third-order valence-electron chi connectivity index (χ3n) is 3.56. The standard InChI is InChI=1S/C18H24N4O5S/c1-4-26-14-9-12(5-6-13(14)27-8-7-22(2)3)11-19-21-18-20-17(25)15(28-18)10-16(23)24/h5-6,9,11,15H,4,7-8,10H2,1-3H3,(H,23,24)(H,20,21,25). The molecule has 10 heteroatoms. The zero-order valence-corrected chi connectivity index (χ0v) is 16.9. The normalized spacial score (nSPS) is 18.1. The molecule has 1 saturated heterocycles. The molecule has 2 rings (SSSR count). The summed E-state index contributed by atoms with van der Waals surface area (Å²) < 4.78 is 11.4. The Morgan fingerprint density at radius 3 is 2.82 bits per heavy atom. The third-order valence-corrected chi connectivity index (χ3v) is 4.63. The van der Waals surface area contributed by atoms with Crippen molar-refractivity contribution in [1.82, 2.24) is 10.2 Å². The number of hydrogen-bond acceptors (Lipinski definition) is 8. The van der Waals surface area contributed by atoms with E-state index >= 15 is 0 Å². The second-order valence-electron chi connectivity index (χ2n) is 6.13. The number of carboxylic acid groups (broad SMARTS) is 1. The van der Waals surface area contributed by atoms with Crippen molar-refractivity contribution in [2.75, 3.05) is 33.9 Å². The fraction of sp³-hybridized carbons (Fsp3) is 0.444. The summed E-state index contributed by atoms with van der Waals surface area (Å²) >= 11 is 1.05. The largest absolute Gasteiger partial charge is 0.490 e. The quantitative estimate of drug-likeness (QED) is 0.445. The molecule has 1 unspecified atom stereocenters. The van der Waals surface area contributed by atoms with Gasteiger partial charge in [-0.15, -0.1) is 5.10 Å². The fourth-order valence-corrected chi connectivity index (χ4v) is 3.14. The smallest absolute Gasteiger partial charge is 0.305 e. The number of carbonyl (C=O) groups excluding carboxylic acids is 1. The highest BCUT2D eigenvalue weighted by Crippen LogP contribution is 2.28. The first-order chi connectivity index (χ1) is 13.4. The monoisotopic (exact) mass is 408 g/mol. The van der Waals surface area contributed by atoms with E-state index in [4.69, 9.17) is 14.6 Å². The Hall–Kier alpha value is -2.59. The summed E-state index contributed by atoms with van der Waals surface area (Å²) in [5, 5.41) is 18.8. The number of thioether (sulfide) groups is 1. The van der Waals surface area contributed by atoms with Crippen LogP contribution in [0.1, 0.15) is 18.9 Å². The van der Waals surface area contributed by atoms with E-state index in [1.807, 2.05) is 38.1 Å². The number of amidine groups is 1. The van der Waals surface area contributed by atoms with Gasteiger partial charge in [0.05, 0.1) is 19.2 Å². The number of ether oxygens (including phenoxy) is 2. The first-order valence-electron chi connectivity index (χ1n) is 8.73. The number of carboxylic acids is 1. The first-order valence-corrected chi connectivity index (χ1v) is 9.61. The Kier molecular flexibility index (Phi) is 8.27. The van der Waals surface area contributed by atoms with Crippen LogP contribution < -0.4 is 14.8 Å². The molecule has 1 fully saturated rings. The second-order valence-corrected chi connectivity index (χ2v) is 7.33. The lowest BCUT2D eigenvalue weighted by molar-refractivity contribution is -0.138. The lowest BCUT2D eigenvalue weighted by atomic mass is 10.2. The van der Waals surface area contributed by atoms with Crippen LogP contribution in [0.2, 0.25) is 0 Å². The number of rotatable bonds is 10. The minimum absolute atomic E-state index is 0.258. The van der Waals surface area contributed by atoms with E-state index < -0.39 is 11.2 Å². The number of nitrogens with zero attached hydrogens (tertiary/aromatic N) is 3. The van der Waals surface area contributed by atoms with Gasteiger partial charge < -0.3 is 24.8 Å². The highest BCUT2D eigenvalue weighted by molar-refractivity contribution is 8.15. The summed E-state index contributed by atoms with van der Waals surface area (Å²) in [5.41, 5.74) is 0.754. The van der Waals surface area contributed by atoms with Crippen molar-refractivity contribution in [1.29, 1.82) is 0 Å². The number of nitrogens with one attached hydrogen (secondary N) is 1. The van der Waals surface area contributed by atoms with Gasteiger partial charge >= 0.3 is 5.97 Å². The fourth-order valence-electron chi connectivity index (χ4n) is 2.22. The van der Waals surface area contributed by atoms with Gasteiger partial charge in [-0.2, -0.15) is 5.10 Å². The number of likely N-dealkylation sites (N-methyl/N-ethyl adjacent to an activating group) is 1. The van der Waals surface area contributed by atoms with Gasteiger partial charge in [0.2, 0.25) is 5.91 Å². The molecule has 0 aromatic heterocycles. The molecule has 2 N–H and O–H groups in total. The van der Waals surface area contributed by atoms with Crippen LogP contribution in [0, 0.1) is 0 Å². The Morgan fingerprint density at radius 2 is 2.14 bits per heavy atom. The van der Waals surface area contributed by atoms with Crippen molar-refractivity contribution in [2.24, 2.45) is 10.2 Å². The Labute approximate surface area is 167 Å². The van der Waals surface area contributed by atoms with Crippen LogP contribution >= 0.6 is 11.8 Å². The molecule has 1 atom stereocenters. The van der Waals surface area contributed by atoms with Crippen molar-refractivity contribution in [3.05, 3.63) is 23.8 Å². The summed E-state index contributed by atoms with van der Waals surface area (Å²) in [4.78, 5) is 24.4. The maximum absolute atomic E-state index is 11.7. The topological polar surface area (TPSA) is 113 Å². The van der Waals surface area contributed by atoms with Crippen molar-refractivity contribution < 1.29 is 24.2 Å². The van der Waals surface area contributed by atoms with E-state index in [0.717, 1.165) is 23.9 Å². The van der Waals surface area contributed by atoms with Crippen molar-refractivity contribution >= 4 is 35.0 Å². The predicted octanol–water partition coefficient (Wildman–Crippen LogP) is 1.42. The average Bonchev–Trinajstić information content (AvgIpc) is 2.95. The number of aliphatic carboxylic acids is 1. The van der Waals surface area contributed by atoms with E-state index in [-0.39, 0.29) is 17.5 Å². The predicted molar refractivity (Wildman–Crippen MR) is 108 cm³/mol. The Bertz CT molecular complexity index is 766. The van der Waals surface area contributed by atoms with E-state index in [1.165, 1.54) is 6.21 Å². The van der Waals surface area contributed by atoms with Crippen LogP contribution in [0.3, 0.4) is 0 Å². The maximum Gasteiger partial charge on any atom is 0.305 e. The average molecular weight is 408 g/mol. The van der Waals surface area contributed by atoms with Crippen LogP contribution in [0.25, 0.3) is 0 Å². The molecule has 9 nitrogen and oxygen atoms in total. The van der Waals surface area contributed by atoms with Crippen LogP contribution in [-0.4, -0.2) is 72.4 Å². The molecule has 0 bridgehead atoms. The van der Waals surface area contributed by atoms with Gasteiger partial charge in [0.1, 0.15) is 11.9 Å².